The third kappa shape index (κ3) is 4.73. The fourth-order valence-electron chi connectivity index (χ4n) is 3.61. The fraction of sp³-hybridized carbons (Fsp3) is 0.154. The average molecular weight is 454 g/mol. The van der Waals surface area contributed by atoms with Crippen LogP contribution in [0.15, 0.2) is 94.5 Å². The number of thioether (sulfide) groups is 1. The average Bonchev–Trinajstić information content (AvgIpc) is 3.48. The second-order valence-electron chi connectivity index (χ2n) is 7.81. The van der Waals surface area contributed by atoms with Crippen LogP contribution in [0.1, 0.15) is 35.0 Å². The van der Waals surface area contributed by atoms with E-state index in [0.29, 0.717) is 18.2 Å². The minimum Gasteiger partial charge on any atom is -0.419 e. The molecule has 6 nitrogen and oxygen atoms in total. The molecule has 0 saturated carbocycles. The summed E-state index contributed by atoms with van der Waals surface area (Å²) in [6.45, 7) is 4.09. The summed E-state index contributed by atoms with van der Waals surface area (Å²) in [4.78, 5) is 0. The molecule has 3 aromatic carbocycles. The summed E-state index contributed by atoms with van der Waals surface area (Å²) >= 11 is 1.55. The Morgan fingerprint density at radius 2 is 1.61 bits per heavy atom. The van der Waals surface area contributed by atoms with Crippen molar-refractivity contribution >= 4 is 11.8 Å². The van der Waals surface area contributed by atoms with Gasteiger partial charge in [-0.2, -0.15) is 0 Å². The van der Waals surface area contributed by atoms with E-state index in [2.05, 4.69) is 49.2 Å². The van der Waals surface area contributed by atoms with Crippen LogP contribution in [0, 0.1) is 6.92 Å². The molecule has 2 aromatic heterocycles. The van der Waals surface area contributed by atoms with Crippen LogP contribution in [-0.2, 0) is 6.42 Å². The van der Waals surface area contributed by atoms with Crippen LogP contribution in [0.25, 0.3) is 17.1 Å². The molecule has 0 aliphatic rings. The lowest BCUT2D eigenvalue weighted by molar-refractivity contribution is 0.509. The molecular formula is C26H23N5OS. The largest absolute Gasteiger partial charge is 0.419 e. The van der Waals surface area contributed by atoms with Crippen molar-refractivity contribution in [3.05, 3.63) is 108 Å². The number of para-hydroxylation sites is 1. The lowest BCUT2D eigenvalue weighted by Crippen LogP contribution is -2.04. The first-order valence-corrected chi connectivity index (χ1v) is 11.7. The maximum atomic E-state index is 6.01. The van der Waals surface area contributed by atoms with Gasteiger partial charge < -0.3 is 4.42 Å². The van der Waals surface area contributed by atoms with Gasteiger partial charge in [0.15, 0.2) is 5.16 Å². The van der Waals surface area contributed by atoms with E-state index in [1.165, 1.54) is 5.56 Å². The van der Waals surface area contributed by atoms with E-state index in [0.717, 1.165) is 27.8 Å². The summed E-state index contributed by atoms with van der Waals surface area (Å²) in [6.07, 6.45) is 0.690. The zero-order chi connectivity index (χ0) is 22.6. The molecule has 1 atom stereocenters. The van der Waals surface area contributed by atoms with Gasteiger partial charge in [0, 0.05) is 17.7 Å². The summed E-state index contributed by atoms with van der Waals surface area (Å²) in [5.74, 6) is 1.97. The molecule has 0 bridgehead atoms. The molecule has 0 saturated heterocycles. The number of benzene rings is 3. The molecule has 33 heavy (non-hydrogen) atoms. The smallest absolute Gasteiger partial charge is 0.247 e. The first kappa shape index (κ1) is 21.2. The minimum atomic E-state index is -0.0905. The Morgan fingerprint density at radius 1 is 0.848 bits per heavy atom. The van der Waals surface area contributed by atoms with Gasteiger partial charge in [-0.3, -0.25) is 4.57 Å². The molecule has 0 amide bonds. The molecule has 0 aliphatic heterocycles. The Kier molecular flexibility index (Phi) is 6.04. The van der Waals surface area contributed by atoms with Gasteiger partial charge in [0.1, 0.15) is 5.82 Å². The second-order valence-corrected chi connectivity index (χ2v) is 9.12. The molecule has 0 aliphatic carbocycles. The maximum Gasteiger partial charge on any atom is 0.247 e. The monoisotopic (exact) mass is 453 g/mol. The molecule has 7 heteroatoms. The molecule has 164 valence electrons. The highest BCUT2D eigenvalue weighted by Gasteiger charge is 2.22. The van der Waals surface area contributed by atoms with E-state index in [1.54, 1.807) is 11.8 Å². The molecule has 0 fully saturated rings. The molecule has 5 rings (SSSR count). The van der Waals surface area contributed by atoms with E-state index in [-0.39, 0.29) is 5.25 Å². The van der Waals surface area contributed by atoms with E-state index in [4.69, 9.17) is 4.42 Å². The van der Waals surface area contributed by atoms with Gasteiger partial charge >= 0.3 is 0 Å². The molecule has 2 heterocycles. The van der Waals surface area contributed by atoms with Gasteiger partial charge in [-0.1, -0.05) is 78.0 Å². The third-order valence-electron chi connectivity index (χ3n) is 5.26. The predicted molar refractivity (Wildman–Crippen MR) is 129 cm³/mol. The summed E-state index contributed by atoms with van der Waals surface area (Å²) in [5, 5.41) is 18.3. The van der Waals surface area contributed by atoms with E-state index in [9.17, 15) is 0 Å². The van der Waals surface area contributed by atoms with Gasteiger partial charge in [-0.25, -0.2) is 0 Å². The highest BCUT2D eigenvalue weighted by atomic mass is 32.2. The number of aryl methyl sites for hydroxylation is 1. The maximum absolute atomic E-state index is 6.01. The highest BCUT2D eigenvalue weighted by Crippen LogP contribution is 2.36. The zero-order valence-electron chi connectivity index (χ0n) is 18.4. The van der Waals surface area contributed by atoms with Crippen LogP contribution in [0.4, 0.5) is 0 Å². The van der Waals surface area contributed by atoms with Gasteiger partial charge in [0.25, 0.3) is 0 Å². The minimum absolute atomic E-state index is 0.0905. The summed E-state index contributed by atoms with van der Waals surface area (Å²) < 4.78 is 8.11. The molecule has 5 aromatic rings. The van der Waals surface area contributed by atoms with Crippen molar-refractivity contribution < 1.29 is 4.42 Å². The Hall–Kier alpha value is -3.71. The number of rotatable bonds is 7. The number of hydrogen-bond acceptors (Lipinski definition) is 6. The lowest BCUT2D eigenvalue weighted by atomic mass is 10.1. The lowest BCUT2D eigenvalue weighted by Gasteiger charge is -2.12. The van der Waals surface area contributed by atoms with Crippen molar-refractivity contribution in [3.8, 4) is 17.1 Å². The zero-order valence-corrected chi connectivity index (χ0v) is 19.2. The second kappa shape index (κ2) is 9.42. The fourth-order valence-corrected chi connectivity index (χ4v) is 4.52. The Balaban J connectivity index is 1.43. The highest BCUT2D eigenvalue weighted by molar-refractivity contribution is 7.99. The van der Waals surface area contributed by atoms with Crippen molar-refractivity contribution in [2.45, 2.75) is 30.7 Å². The quantitative estimate of drug-likeness (QED) is 0.279. The summed E-state index contributed by atoms with van der Waals surface area (Å²) in [6, 6.07) is 28.5. The Bertz CT molecular complexity index is 1350. The Morgan fingerprint density at radius 3 is 2.36 bits per heavy atom. The van der Waals surface area contributed by atoms with E-state index < -0.39 is 0 Å². The first-order chi connectivity index (χ1) is 16.2. The van der Waals surface area contributed by atoms with Gasteiger partial charge in [0.2, 0.25) is 11.8 Å². The summed E-state index contributed by atoms with van der Waals surface area (Å²) in [7, 11) is 0. The van der Waals surface area contributed by atoms with Gasteiger partial charge in [0.05, 0.1) is 5.25 Å². The van der Waals surface area contributed by atoms with Crippen LogP contribution < -0.4 is 0 Å². The standard InChI is InChI=1S/C26H23N5OS/c1-18-10-9-13-21(16-18)25-29-28-24(32-25)19(2)33-26-30-27-23(17-20-11-5-3-6-12-20)31(26)22-14-7-4-8-15-22/h3-16,19H,17H2,1-2H3/t19-/m1/s1. The van der Waals surface area contributed by atoms with Crippen LogP contribution in [-0.4, -0.2) is 25.0 Å². The Labute approximate surface area is 196 Å². The van der Waals surface area contributed by atoms with E-state index >= 15 is 0 Å². The topological polar surface area (TPSA) is 69.6 Å². The molecule has 0 unspecified atom stereocenters. The molecule has 0 N–H and O–H groups in total. The third-order valence-corrected chi connectivity index (χ3v) is 6.29. The molecule has 0 spiro atoms. The summed E-state index contributed by atoms with van der Waals surface area (Å²) in [5.41, 5.74) is 4.28. The van der Waals surface area contributed by atoms with Crippen LogP contribution in [0.3, 0.4) is 0 Å². The first-order valence-electron chi connectivity index (χ1n) is 10.8. The number of hydrogen-bond donors (Lipinski definition) is 0. The number of aromatic nitrogens is 5. The van der Waals surface area contributed by atoms with Crippen LogP contribution in [0.5, 0.6) is 0 Å². The molecule has 0 radical (unpaired) electrons. The van der Waals surface area contributed by atoms with Crippen molar-refractivity contribution in [2.24, 2.45) is 0 Å². The van der Waals surface area contributed by atoms with Gasteiger partial charge in [-0.05, 0) is 43.7 Å². The normalized spacial score (nSPS) is 12.1. The van der Waals surface area contributed by atoms with Crippen LogP contribution in [0.2, 0.25) is 0 Å². The predicted octanol–water partition coefficient (Wildman–Crippen LogP) is 6.07. The molecular weight excluding hydrogens is 430 g/mol. The van der Waals surface area contributed by atoms with Gasteiger partial charge in [-0.15, -0.1) is 20.4 Å². The number of nitrogens with zero attached hydrogens (tertiary/aromatic N) is 5. The van der Waals surface area contributed by atoms with E-state index in [1.807, 2.05) is 74.5 Å². The SMILES string of the molecule is Cc1cccc(-c2nnc([C@@H](C)Sc3nnc(Cc4ccccc4)n3-c3ccccc3)o2)c1. The van der Waals surface area contributed by atoms with Crippen molar-refractivity contribution in [1.29, 1.82) is 0 Å². The van der Waals surface area contributed by atoms with Crippen LogP contribution >= 0.6 is 11.8 Å². The van der Waals surface area contributed by atoms with Crippen molar-refractivity contribution in [1.82, 2.24) is 25.0 Å². The van der Waals surface area contributed by atoms with Crippen molar-refractivity contribution in [2.75, 3.05) is 0 Å². The van der Waals surface area contributed by atoms with Crippen molar-refractivity contribution in [3.63, 3.8) is 0 Å².